The zero-order valence-corrected chi connectivity index (χ0v) is 12.4. The zero-order chi connectivity index (χ0) is 14.3. The van der Waals surface area contributed by atoms with Crippen LogP contribution >= 0.6 is 0 Å². The van der Waals surface area contributed by atoms with Crippen molar-refractivity contribution in [3.63, 3.8) is 0 Å². The molecule has 0 unspecified atom stereocenters. The molecule has 0 aromatic rings. The van der Waals surface area contributed by atoms with Crippen LogP contribution < -0.4 is 10.6 Å². The molecule has 0 heterocycles. The Kier molecular flexibility index (Phi) is 6.28. The molecule has 0 spiro atoms. The summed E-state index contributed by atoms with van der Waals surface area (Å²) in [5.41, 5.74) is -0.0674. The molecule has 0 aromatic heterocycles. The van der Waals surface area contributed by atoms with Crippen LogP contribution in [0.2, 0.25) is 0 Å². The van der Waals surface area contributed by atoms with Gasteiger partial charge in [-0.05, 0) is 26.8 Å². The fraction of sp³-hybridized carbons (Fsp3) is 0.857. The van der Waals surface area contributed by atoms with E-state index in [2.05, 4.69) is 10.6 Å². The van der Waals surface area contributed by atoms with E-state index < -0.39 is 0 Å². The summed E-state index contributed by atoms with van der Waals surface area (Å²) < 4.78 is 0. The van der Waals surface area contributed by atoms with Crippen molar-refractivity contribution in [3.05, 3.63) is 0 Å². The number of carbonyl (C=O) groups excluding carboxylic acids is 2. The first-order chi connectivity index (χ1) is 9.03. The zero-order valence-electron chi connectivity index (χ0n) is 12.4. The van der Waals surface area contributed by atoms with Crippen molar-refractivity contribution >= 4 is 11.8 Å². The molecule has 0 radical (unpaired) electrons. The smallest absolute Gasteiger partial charge is 0.241 e. The lowest BCUT2D eigenvalue weighted by Crippen LogP contribution is -2.49. The standard InChI is InChI=1S/C14H27N3O2/c1-4-17(3)13(19)11-16-12(18)10-14(15-2)8-6-5-7-9-14/h15H,4-11H2,1-3H3,(H,16,18). The van der Waals surface area contributed by atoms with Gasteiger partial charge in [0.25, 0.3) is 0 Å². The highest BCUT2D eigenvalue weighted by molar-refractivity contribution is 5.85. The minimum atomic E-state index is -0.0674. The maximum Gasteiger partial charge on any atom is 0.241 e. The lowest BCUT2D eigenvalue weighted by molar-refractivity contribution is -0.132. The highest BCUT2D eigenvalue weighted by Crippen LogP contribution is 2.30. The first kappa shape index (κ1) is 16.0. The van der Waals surface area contributed by atoms with E-state index in [0.29, 0.717) is 13.0 Å². The van der Waals surface area contributed by atoms with Gasteiger partial charge >= 0.3 is 0 Å². The second kappa shape index (κ2) is 7.48. The second-order valence-corrected chi connectivity index (χ2v) is 5.45. The summed E-state index contributed by atoms with van der Waals surface area (Å²) in [6, 6.07) is 0. The quantitative estimate of drug-likeness (QED) is 0.753. The second-order valence-electron chi connectivity index (χ2n) is 5.45. The highest BCUT2D eigenvalue weighted by Gasteiger charge is 2.32. The van der Waals surface area contributed by atoms with Gasteiger partial charge in [0.15, 0.2) is 0 Å². The average Bonchev–Trinajstić information content (AvgIpc) is 2.44. The summed E-state index contributed by atoms with van der Waals surface area (Å²) in [6.07, 6.45) is 6.15. The molecule has 0 aliphatic heterocycles. The van der Waals surface area contributed by atoms with E-state index in [0.717, 1.165) is 12.8 Å². The molecule has 0 atom stereocenters. The van der Waals surface area contributed by atoms with Gasteiger partial charge < -0.3 is 15.5 Å². The van der Waals surface area contributed by atoms with Crippen LogP contribution in [0.5, 0.6) is 0 Å². The molecule has 0 aromatic carbocycles. The van der Waals surface area contributed by atoms with Gasteiger partial charge in [0.2, 0.25) is 11.8 Å². The van der Waals surface area contributed by atoms with Crippen LogP contribution in [0.4, 0.5) is 0 Å². The fourth-order valence-corrected chi connectivity index (χ4v) is 2.60. The molecule has 1 rings (SSSR count). The van der Waals surface area contributed by atoms with Crippen LogP contribution in [-0.2, 0) is 9.59 Å². The van der Waals surface area contributed by atoms with Gasteiger partial charge in [-0.3, -0.25) is 9.59 Å². The number of amides is 2. The van der Waals surface area contributed by atoms with Crippen molar-refractivity contribution in [1.82, 2.24) is 15.5 Å². The van der Waals surface area contributed by atoms with Crippen LogP contribution in [0.15, 0.2) is 0 Å². The van der Waals surface area contributed by atoms with Crippen molar-refractivity contribution < 1.29 is 9.59 Å². The number of rotatable bonds is 6. The number of hydrogen-bond acceptors (Lipinski definition) is 3. The van der Waals surface area contributed by atoms with Crippen LogP contribution in [-0.4, -0.2) is 49.4 Å². The lowest BCUT2D eigenvalue weighted by atomic mass is 9.79. The van der Waals surface area contributed by atoms with Gasteiger partial charge in [-0.15, -0.1) is 0 Å². The molecule has 0 bridgehead atoms. The Morgan fingerprint density at radius 2 is 1.84 bits per heavy atom. The highest BCUT2D eigenvalue weighted by atomic mass is 16.2. The molecular formula is C14H27N3O2. The molecule has 1 aliphatic rings. The monoisotopic (exact) mass is 269 g/mol. The molecule has 1 saturated carbocycles. The Morgan fingerprint density at radius 3 is 2.37 bits per heavy atom. The van der Waals surface area contributed by atoms with E-state index >= 15 is 0 Å². The molecule has 2 N–H and O–H groups in total. The third-order valence-corrected chi connectivity index (χ3v) is 4.18. The Bertz CT molecular complexity index is 312. The summed E-state index contributed by atoms with van der Waals surface area (Å²) in [5.74, 6) is -0.0768. The average molecular weight is 269 g/mol. The summed E-state index contributed by atoms with van der Waals surface area (Å²) in [5, 5.41) is 6.05. The molecule has 0 saturated heterocycles. The van der Waals surface area contributed by atoms with Crippen LogP contribution in [0.1, 0.15) is 45.4 Å². The van der Waals surface area contributed by atoms with Crippen molar-refractivity contribution in [3.8, 4) is 0 Å². The number of hydrogen-bond donors (Lipinski definition) is 2. The fourth-order valence-electron chi connectivity index (χ4n) is 2.60. The van der Waals surface area contributed by atoms with E-state index in [9.17, 15) is 9.59 Å². The first-order valence-electron chi connectivity index (χ1n) is 7.22. The topological polar surface area (TPSA) is 61.4 Å². The van der Waals surface area contributed by atoms with Gasteiger partial charge in [-0.25, -0.2) is 0 Å². The van der Waals surface area contributed by atoms with Crippen molar-refractivity contribution in [1.29, 1.82) is 0 Å². The van der Waals surface area contributed by atoms with Crippen molar-refractivity contribution in [2.24, 2.45) is 0 Å². The Morgan fingerprint density at radius 1 is 1.21 bits per heavy atom. The molecule has 110 valence electrons. The van der Waals surface area contributed by atoms with E-state index in [-0.39, 0.29) is 23.9 Å². The maximum absolute atomic E-state index is 12.0. The van der Waals surface area contributed by atoms with Crippen LogP contribution in [0.25, 0.3) is 0 Å². The minimum Gasteiger partial charge on any atom is -0.347 e. The van der Waals surface area contributed by atoms with E-state index in [1.54, 1.807) is 11.9 Å². The minimum absolute atomic E-state index is 0.0332. The third kappa shape index (κ3) is 4.82. The molecule has 2 amide bonds. The normalized spacial score (nSPS) is 17.8. The van der Waals surface area contributed by atoms with E-state index in [4.69, 9.17) is 0 Å². The molecule has 1 fully saturated rings. The van der Waals surface area contributed by atoms with Gasteiger partial charge in [-0.2, -0.15) is 0 Å². The SMILES string of the molecule is CCN(C)C(=O)CNC(=O)CC1(NC)CCCCC1. The van der Waals surface area contributed by atoms with Crippen LogP contribution in [0, 0.1) is 0 Å². The number of likely N-dealkylation sites (N-methyl/N-ethyl adjacent to an activating group) is 1. The molecule has 1 aliphatic carbocycles. The summed E-state index contributed by atoms with van der Waals surface area (Å²) in [7, 11) is 3.67. The summed E-state index contributed by atoms with van der Waals surface area (Å²) >= 11 is 0. The Balaban J connectivity index is 2.39. The van der Waals surface area contributed by atoms with E-state index in [1.807, 2.05) is 14.0 Å². The molecular weight excluding hydrogens is 242 g/mol. The number of carbonyl (C=O) groups is 2. The Labute approximate surface area is 116 Å². The number of nitrogens with one attached hydrogen (secondary N) is 2. The lowest BCUT2D eigenvalue weighted by Gasteiger charge is -2.36. The van der Waals surface area contributed by atoms with E-state index in [1.165, 1.54) is 19.3 Å². The van der Waals surface area contributed by atoms with Gasteiger partial charge in [0.05, 0.1) is 6.54 Å². The predicted octanol–water partition coefficient (Wildman–Crippen LogP) is 0.893. The van der Waals surface area contributed by atoms with Crippen LogP contribution in [0.3, 0.4) is 0 Å². The predicted molar refractivity (Wildman–Crippen MR) is 75.8 cm³/mol. The van der Waals surface area contributed by atoms with Gasteiger partial charge in [0, 0.05) is 25.6 Å². The van der Waals surface area contributed by atoms with Gasteiger partial charge in [-0.1, -0.05) is 19.3 Å². The number of nitrogens with zero attached hydrogens (tertiary/aromatic N) is 1. The summed E-state index contributed by atoms with van der Waals surface area (Å²) in [6.45, 7) is 2.68. The van der Waals surface area contributed by atoms with Crippen molar-refractivity contribution in [2.75, 3.05) is 27.2 Å². The first-order valence-corrected chi connectivity index (χ1v) is 7.22. The third-order valence-electron chi connectivity index (χ3n) is 4.18. The Hall–Kier alpha value is -1.10. The van der Waals surface area contributed by atoms with Gasteiger partial charge in [0.1, 0.15) is 0 Å². The largest absolute Gasteiger partial charge is 0.347 e. The van der Waals surface area contributed by atoms with Crippen molar-refractivity contribution in [2.45, 2.75) is 51.0 Å². The molecule has 5 heteroatoms. The summed E-state index contributed by atoms with van der Waals surface area (Å²) in [4.78, 5) is 25.2. The molecule has 5 nitrogen and oxygen atoms in total. The maximum atomic E-state index is 12.0. The molecule has 19 heavy (non-hydrogen) atoms.